The van der Waals surface area contributed by atoms with Gasteiger partial charge in [0.1, 0.15) is 18.5 Å². The molecule has 1 aromatic carbocycles. The summed E-state index contributed by atoms with van der Waals surface area (Å²) in [6.45, 7) is -0.169. The fraction of sp³-hybridized carbons (Fsp3) is 0.500. The number of hydrogen-bond acceptors (Lipinski definition) is 4. The van der Waals surface area contributed by atoms with Gasteiger partial charge in [-0.2, -0.15) is 0 Å². The summed E-state index contributed by atoms with van der Waals surface area (Å²) >= 11 is 0. The lowest BCUT2D eigenvalue weighted by molar-refractivity contribution is 0.0536. The van der Waals surface area contributed by atoms with Gasteiger partial charge in [0.2, 0.25) is 0 Å². The zero-order chi connectivity index (χ0) is 11.5. The van der Waals surface area contributed by atoms with Crippen LogP contribution in [0.1, 0.15) is 23.6 Å². The Morgan fingerprint density at radius 3 is 3.06 bits per heavy atom. The van der Waals surface area contributed by atoms with Gasteiger partial charge in [-0.3, -0.25) is 0 Å². The molecule has 0 fully saturated rings. The Morgan fingerprint density at radius 1 is 1.50 bits per heavy atom. The van der Waals surface area contributed by atoms with Crippen molar-refractivity contribution in [3.63, 3.8) is 0 Å². The normalized spacial score (nSPS) is 20.6. The lowest BCUT2D eigenvalue weighted by atomic mass is 10.1. The molecule has 0 aliphatic heterocycles. The first kappa shape index (κ1) is 11.4. The number of nitrogens with two attached hydrogens (primary N) is 1. The predicted molar refractivity (Wildman–Crippen MR) is 60.3 cm³/mol. The Balaban J connectivity index is 2.02. The maximum Gasteiger partial charge on any atom is 0.119 e. The van der Waals surface area contributed by atoms with Crippen LogP contribution in [-0.2, 0) is 6.42 Å². The minimum atomic E-state index is -0.824. The monoisotopic (exact) mass is 223 g/mol. The second-order valence-electron chi connectivity index (χ2n) is 4.15. The summed E-state index contributed by atoms with van der Waals surface area (Å²) in [5.74, 6) is 0.723. The van der Waals surface area contributed by atoms with Crippen LogP contribution < -0.4 is 10.5 Å². The molecule has 2 atom stereocenters. The standard InChI is InChI=1S/C12H17NO3/c13-12-4-1-8-5-10(2-3-11(8)12)16-7-9(15)6-14/h2-3,5,9,12,14-15H,1,4,6-7,13H2. The van der Waals surface area contributed by atoms with Crippen molar-refractivity contribution in [3.05, 3.63) is 29.3 Å². The van der Waals surface area contributed by atoms with E-state index < -0.39 is 6.10 Å². The van der Waals surface area contributed by atoms with Gasteiger partial charge in [0.25, 0.3) is 0 Å². The summed E-state index contributed by atoms with van der Waals surface area (Å²) in [5, 5.41) is 17.8. The highest BCUT2D eigenvalue weighted by Crippen LogP contribution is 2.31. The predicted octanol–water partition coefficient (Wildman–Crippen LogP) is 0.365. The van der Waals surface area contributed by atoms with Gasteiger partial charge >= 0.3 is 0 Å². The van der Waals surface area contributed by atoms with Crippen LogP contribution in [0.4, 0.5) is 0 Å². The first-order valence-electron chi connectivity index (χ1n) is 5.51. The third-order valence-corrected chi connectivity index (χ3v) is 2.89. The number of aryl methyl sites for hydroxylation is 1. The molecule has 0 saturated carbocycles. The van der Waals surface area contributed by atoms with E-state index in [1.807, 2.05) is 18.2 Å². The highest BCUT2D eigenvalue weighted by molar-refractivity contribution is 5.40. The van der Waals surface area contributed by atoms with Crippen LogP contribution in [-0.4, -0.2) is 29.5 Å². The fourth-order valence-electron chi connectivity index (χ4n) is 1.96. The lowest BCUT2D eigenvalue weighted by Crippen LogP contribution is -2.21. The molecular weight excluding hydrogens is 206 g/mol. The topological polar surface area (TPSA) is 75.7 Å². The Kier molecular flexibility index (Phi) is 3.43. The molecule has 0 heterocycles. The van der Waals surface area contributed by atoms with Gasteiger partial charge in [0.05, 0.1) is 6.61 Å². The molecule has 0 spiro atoms. The van der Waals surface area contributed by atoms with Crippen LogP contribution in [0.2, 0.25) is 0 Å². The molecule has 1 aromatic rings. The Labute approximate surface area is 94.7 Å². The van der Waals surface area contributed by atoms with E-state index in [2.05, 4.69) is 0 Å². The molecule has 0 bridgehead atoms. The third-order valence-electron chi connectivity index (χ3n) is 2.89. The summed E-state index contributed by atoms with van der Waals surface area (Å²) in [7, 11) is 0. The van der Waals surface area contributed by atoms with Crippen molar-refractivity contribution < 1.29 is 14.9 Å². The molecule has 0 aromatic heterocycles. The molecule has 4 N–H and O–H groups in total. The highest BCUT2D eigenvalue weighted by Gasteiger charge is 2.19. The number of ether oxygens (including phenoxy) is 1. The molecule has 2 unspecified atom stereocenters. The van der Waals surface area contributed by atoms with Crippen LogP contribution in [0, 0.1) is 0 Å². The number of aliphatic hydroxyl groups excluding tert-OH is 2. The molecule has 88 valence electrons. The van der Waals surface area contributed by atoms with Crippen molar-refractivity contribution in [1.29, 1.82) is 0 Å². The molecule has 0 amide bonds. The van der Waals surface area contributed by atoms with Crippen LogP contribution in [0.15, 0.2) is 18.2 Å². The van der Waals surface area contributed by atoms with Crippen LogP contribution >= 0.6 is 0 Å². The zero-order valence-electron chi connectivity index (χ0n) is 9.10. The van der Waals surface area contributed by atoms with Crippen LogP contribution in [0.3, 0.4) is 0 Å². The molecule has 1 aliphatic rings. The van der Waals surface area contributed by atoms with E-state index in [1.165, 1.54) is 11.1 Å². The van der Waals surface area contributed by atoms with Crippen LogP contribution in [0.5, 0.6) is 5.75 Å². The lowest BCUT2D eigenvalue weighted by Gasteiger charge is -2.11. The smallest absolute Gasteiger partial charge is 0.119 e. The van der Waals surface area contributed by atoms with E-state index >= 15 is 0 Å². The van der Waals surface area contributed by atoms with Crippen molar-refractivity contribution in [2.24, 2.45) is 5.73 Å². The van der Waals surface area contributed by atoms with E-state index in [4.69, 9.17) is 20.7 Å². The minimum Gasteiger partial charge on any atom is -0.491 e. The highest BCUT2D eigenvalue weighted by atomic mass is 16.5. The second-order valence-corrected chi connectivity index (χ2v) is 4.15. The van der Waals surface area contributed by atoms with E-state index in [0.29, 0.717) is 0 Å². The van der Waals surface area contributed by atoms with Gasteiger partial charge in [-0.05, 0) is 36.1 Å². The maximum absolute atomic E-state index is 9.16. The number of fused-ring (bicyclic) bond motifs is 1. The number of aliphatic hydroxyl groups is 2. The number of hydrogen-bond donors (Lipinski definition) is 3. The Hall–Kier alpha value is -1.10. The zero-order valence-corrected chi connectivity index (χ0v) is 9.10. The number of rotatable bonds is 4. The van der Waals surface area contributed by atoms with E-state index in [-0.39, 0.29) is 19.3 Å². The van der Waals surface area contributed by atoms with Gasteiger partial charge < -0.3 is 20.7 Å². The average Bonchev–Trinajstić information content (AvgIpc) is 2.67. The Bertz CT molecular complexity index is 367. The van der Waals surface area contributed by atoms with Gasteiger partial charge in [-0.1, -0.05) is 6.07 Å². The molecule has 0 saturated heterocycles. The summed E-state index contributed by atoms with van der Waals surface area (Å²) in [6, 6.07) is 5.95. The minimum absolute atomic E-state index is 0.112. The SMILES string of the molecule is NC1CCc2cc(OCC(O)CO)ccc21. The van der Waals surface area contributed by atoms with E-state index in [9.17, 15) is 0 Å². The van der Waals surface area contributed by atoms with Crippen molar-refractivity contribution in [3.8, 4) is 5.75 Å². The third kappa shape index (κ3) is 2.35. The summed E-state index contributed by atoms with van der Waals surface area (Å²) in [6.07, 6.45) is 1.14. The quantitative estimate of drug-likeness (QED) is 0.689. The first-order valence-corrected chi connectivity index (χ1v) is 5.51. The van der Waals surface area contributed by atoms with E-state index in [0.717, 1.165) is 18.6 Å². The average molecular weight is 223 g/mol. The molecule has 2 rings (SSSR count). The fourth-order valence-corrected chi connectivity index (χ4v) is 1.96. The largest absolute Gasteiger partial charge is 0.491 e. The molecule has 16 heavy (non-hydrogen) atoms. The van der Waals surface area contributed by atoms with Crippen LogP contribution in [0.25, 0.3) is 0 Å². The van der Waals surface area contributed by atoms with Crippen molar-refractivity contribution in [2.75, 3.05) is 13.2 Å². The maximum atomic E-state index is 9.16. The van der Waals surface area contributed by atoms with Crippen molar-refractivity contribution >= 4 is 0 Å². The molecular formula is C12H17NO3. The molecule has 1 aliphatic carbocycles. The summed E-state index contributed by atoms with van der Waals surface area (Å²) in [5.41, 5.74) is 8.34. The van der Waals surface area contributed by atoms with Gasteiger partial charge in [-0.25, -0.2) is 0 Å². The summed E-state index contributed by atoms with van der Waals surface area (Å²) < 4.78 is 5.37. The number of benzene rings is 1. The van der Waals surface area contributed by atoms with Gasteiger partial charge in [0.15, 0.2) is 0 Å². The Morgan fingerprint density at radius 2 is 2.31 bits per heavy atom. The summed E-state index contributed by atoms with van der Waals surface area (Å²) in [4.78, 5) is 0. The van der Waals surface area contributed by atoms with Crippen molar-refractivity contribution in [1.82, 2.24) is 0 Å². The molecule has 4 heteroatoms. The molecule has 4 nitrogen and oxygen atoms in total. The van der Waals surface area contributed by atoms with E-state index in [1.54, 1.807) is 0 Å². The van der Waals surface area contributed by atoms with Gasteiger partial charge in [-0.15, -0.1) is 0 Å². The first-order chi connectivity index (χ1) is 7.70. The molecule has 0 radical (unpaired) electrons. The van der Waals surface area contributed by atoms with Gasteiger partial charge in [0, 0.05) is 6.04 Å². The van der Waals surface area contributed by atoms with Crippen molar-refractivity contribution in [2.45, 2.75) is 25.0 Å². The second kappa shape index (κ2) is 4.82.